The van der Waals surface area contributed by atoms with Crippen LogP contribution in [0.3, 0.4) is 0 Å². The van der Waals surface area contributed by atoms with E-state index < -0.39 is 17.8 Å². The Balaban J connectivity index is 2.34. The summed E-state index contributed by atoms with van der Waals surface area (Å²) in [6.45, 7) is 6.69. The molecule has 0 aliphatic heterocycles. The molecule has 1 heterocycles. The van der Waals surface area contributed by atoms with Crippen LogP contribution in [-0.2, 0) is 27.2 Å². The van der Waals surface area contributed by atoms with E-state index in [1.165, 1.54) is 18.4 Å². The first-order chi connectivity index (χ1) is 12.2. The highest BCUT2D eigenvalue weighted by atomic mass is 32.1. The first-order valence-electron chi connectivity index (χ1n) is 8.62. The van der Waals surface area contributed by atoms with Gasteiger partial charge in [-0.2, -0.15) is 0 Å². The van der Waals surface area contributed by atoms with Crippen molar-refractivity contribution >= 4 is 34.2 Å². The minimum absolute atomic E-state index is 0.202. The molecule has 1 amide bonds. The molecule has 0 unspecified atom stereocenters. The summed E-state index contributed by atoms with van der Waals surface area (Å²) in [6, 6.07) is 0. The van der Waals surface area contributed by atoms with Crippen LogP contribution in [0.4, 0.5) is 5.00 Å². The minimum atomic E-state index is -1.46. The Kier molecular flexibility index (Phi) is 6.23. The highest BCUT2D eigenvalue weighted by molar-refractivity contribution is 7.17. The van der Waals surface area contributed by atoms with Crippen molar-refractivity contribution in [1.29, 1.82) is 0 Å². The van der Waals surface area contributed by atoms with Crippen LogP contribution in [0.25, 0.3) is 0 Å². The molecule has 0 saturated carbocycles. The minimum Gasteiger partial charge on any atom is -0.545 e. The third kappa shape index (κ3) is 4.33. The Morgan fingerprint density at radius 1 is 1.35 bits per heavy atom. The molecule has 1 N–H and O–H groups in total. The number of amides is 1. The van der Waals surface area contributed by atoms with Crippen LogP contribution >= 0.6 is 11.3 Å². The van der Waals surface area contributed by atoms with E-state index in [4.69, 9.17) is 4.74 Å². The van der Waals surface area contributed by atoms with Gasteiger partial charge in [-0.15, -0.1) is 11.3 Å². The summed E-state index contributed by atoms with van der Waals surface area (Å²) < 4.78 is 4.89. The molecule has 1 atom stereocenters. The number of hydrogen-bond donors (Lipinski definition) is 1. The van der Waals surface area contributed by atoms with Gasteiger partial charge in [-0.1, -0.05) is 27.2 Å². The van der Waals surface area contributed by atoms with Gasteiger partial charge in [0.05, 0.1) is 18.6 Å². The van der Waals surface area contributed by atoms with Crippen molar-refractivity contribution in [3.05, 3.63) is 28.2 Å². The number of rotatable bonds is 6. The number of nitrogens with one attached hydrogen (secondary N) is 1. The number of carboxylic acid groups (broad SMARTS) is 1. The van der Waals surface area contributed by atoms with Crippen molar-refractivity contribution in [1.82, 2.24) is 0 Å². The van der Waals surface area contributed by atoms with Gasteiger partial charge in [0.2, 0.25) is 5.91 Å². The number of hydrogen-bond acceptors (Lipinski definition) is 6. The molecule has 2 rings (SSSR count). The summed E-state index contributed by atoms with van der Waals surface area (Å²) in [5.74, 6) is -2.06. The maximum Gasteiger partial charge on any atom is 0.341 e. The predicted octanol–water partition coefficient (Wildman–Crippen LogP) is 2.32. The van der Waals surface area contributed by atoms with Crippen molar-refractivity contribution in [3.63, 3.8) is 0 Å². The molecule has 1 aliphatic rings. The molecular formula is C19H24NO5S-. The van der Waals surface area contributed by atoms with Crippen molar-refractivity contribution in [3.8, 4) is 0 Å². The fourth-order valence-electron chi connectivity index (χ4n) is 3.24. The molecular weight excluding hydrogens is 354 g/mol. The van der Waals surface area contributed by atoms with E-state index in [0.29, 0.717) is 22.6 Å². The zero-order valence-corrected chi connectivity index (χ0v) is 16.3. The van der Waals surface area contributed by atoms with Crippen molar-refractivity contribution in [2.24, 2.45) is 11.3 Å². The number of carbonyl (C=O) groups excluding carboxylic acids is 3. The van der Waals surface area contributed by atoms with Crippen LogP contribution in [0.5, 0.6) is 0 Å². The average Bonchev–Trinajstić information content (AvgIpc) is 2.96. The van der Waals surface area contributed by atoms with Gasteiger partial charge in [0.25, 0.3) is 0 Å². The van der Waals surface area contributed by atoms with Gasteiger partial charge in [0, 0.05) is 11.0 Å². The predicted molar refractivity (Wildman–Crippen MR) is 98.0 cm³/mol. The highest BCUT2D eigenvalue weighted by Crippen LogP contribution is 2.45. The monoisotopic (exact) mass is 378 g/mol. The number of methoxy groups -OCH3 is 1. The quantitative estimate of drug-likeness (QED) is 0.605. The number of thiophene rings is 1. The highest BCUT2D eigenvalue weighted by Gasteiger charge is 2.35. The van der Waals surface area contributed by atoms with E-state index in [1.54, 1.807) is 0 Å². The number of esters is 1. The summed E-state index contributed by atoms with van der Waals surface area (Å²) in [5, 5.41) is 13.5. The Bertz CT molecular complexity index is 747. The Hall–Kier alpha value is -2.15. The molecule has 26 heavy (non-hydrogen) atoms. The fraction of sp³-hybridized carbons (Fsp3) is 0.526. The van der Waals surface area contributed by atoms with Crippen LogP contribution in [-0.4, -0.2) is 25.0 Å². The Morgan fingerprint density at radius 3 is 2.62 bits per heavy atom. The Morgan fingerprint density at radius 2 is 2.04 bits per heavy atom. The number of fused-ring (bicyclic) bond motifs is 1. The third-order valence-corrected chi connectivity index (χ3v) is 6.45. The van der Waals surface area contributed by atoms with Crippen molar-refractivity contribution < 1.29 is 24.2 Å². The van der Waals surface area contributed by atoms with Crippen LogP contribution in [0.1, 0.15) is 54.4 Å². The van der Waals surface area contributed by atoms with E-state index in [0.717, 1.165) is 42.2 Å². The third-order valence-electron chi connectivity index (χ3n) is 5.28. The molecule has 1 aromatic rings. The lowest BCUT2D eigenvalue weighted by Gasteiger charge is -2.36. The molecule has 0 spiro atoms. The van der Waals surface area contributed by atoms with Gasteiger partial charge < -0.3 is 20.0 Å². The van der Waals surface area contributed by atoms with Crippen LogP contribution in [0, 0.1) is 11.3 Å². The lowest BCUT2D eigenvalue weighted by Crippen LogP contribution is -2.28. The van der Waals surface area contributed by atoms with E-state index in [1.807, 2.05) is 0 Å². The largest absolute Gasteiger partial charge is 0.545 e. The van der Waals surface area contributed by atoms with Gasteiger partial charge in [-0.25, -0.2) is 4.79 Å². The van der Waals surface area contributed by atoms with E-state index in [9.17, 15) is 19.5 Å². The molecule has 0 aromatic carbocycles. The molecule has 1 aromatic heterocycles. The summed E-state index contributed by atoms with van der Waals surface area (Å²) in [7, 11) is 1.31. The topological polar surface area (TPSA) is 95.5 Å². The molecule has 7 heteroatoms. The van der Waals surface area contributed by atoms with Crippen LogP contribution in [0.15, 0.2) is 12.2 Å². The summed E-state index contributed by atoms with van der Waals surface area (Å²) >= 11 is 1.37. The summed E-state index contributed by atoms with van der Waals surface area (Å²) in [6.07, 6.45) is 5.19. The molecule has 1 aliphatic carbocycles. The lowest BCUT2D eigenvalue weighted by molar-refractivity contribution is -0.297. The van der Waals surface area contributed by atoms with Gasteiger partial charge in [-0.05, 0) is 42.2 Å². The molecule has 0 saturated heterocycles. The maximum atomic E-state index is 12.3. The maximum absolute atomic E-state index is 12.3. The van der Waals surface area contributed by atoms with E-state index in [2.05, 4.69) is 26.1 Å². The normalized spacial score (nSPS) is 17.0. The van der Waals surface area contributed by atoms with Crippen LogP contribution < -0.4 is 10.4 Å². The average molecular weight is 378 g/mol. The number of carboxylic acids is 1. The van der Waals surface area contributed by atoms with Gasteiger partial charge >= 0.3 is 5.97 Å². The fourth-order valence-corrected chi connectivity index (χ4v) is 4.56. The molecule has 6 nitrogen and oxygen atoms in total. The summed E-state index contributed by atoms with van der Waals surface area (Å²) in [5.41, 5.74) is 1.52. The van der Waals surface area contributed by atoms with E-state index in [-0.39, 0.29) is 5.41 Å². The zero-order chi connectivity index (χ0) is 19.5. The number of aliphatic carboxylic acids is 1. The molecule has 142 valence electrons. The lowest BCUT2D eigenvalue weighted by atomic mass is 9.69. The van der Waals surface area contributed by atoms with Crippen molar-refractivity contribution in [2.75, 3.05) is 12.4 Å². The number of anilines is 1. The van der Waals surface area contributed by atoms with Crippen molar-refractivity contribution in [2.45, 2.75) is 46.5 Å². The second kappa shape index (κ2) is 8.03. The smallest absolute Gasteiger partial charge is 0.341 e. The molecule has 0 fully saturated rings. The van der Waals surface area contributed by atoms with Crippen LogP contribution in [0.2, 0.25) is 0 Å². The second-order valence-electron chi connectivity index (χ2n) is 7.12. The zero-order valence-electron chi connectivity index (χ0n) is 15.5. The standard InChI is InChI=1S/C19H25NO5S/c1-5-19(2,3)11-6-7-12-13(10-11)26-17(16(12)18(24)25-4)20-14(21)8-9-15(22)23/h8-9,11H,5-7,10H2,1-4H3,(H,20,21)(H,22,23)/p-1/b9-8+/t11-/m1/s1. The first-order valence-corrected chi connectivity index (χ1v) is 9.44. The van der Waals surface area contributed by atoms with Gasteiger partial charge in [-0.3, -0.25) is 4.79 Å². The molecule has 0 bridgehead atoms. The van der Waals surface area contributed by atoms with Gasteiger partial charge in [0.15, 0.2) is 0 Å². The SMILES string of the molecule is CCC(C)(C)[C@@H]1CCc2c(sc(NC(=O)/C=C/C(=O)[O-])c2C(=O)OC)C1. The second-order valence-corrected chi connectivity index (χ2v) is 8.23. The Labute approximate surface area is 157 Å². The first kappa shape index (κ1) is 20.2. The summed E-state index contributed by atoms with van der Waals surface area (Å²) in [4.78, 5) is 35.7. The van der Waals surface area contributed by atoms with Gasteiger partial charge in [0.1, 0.15) is 5.00 Å². The molecule has 0 radical (unpaired) electrons. The van der Waals surface area contributed by atoms with E-state index >= 15 is 0 Å². The number of ether oxygens (including phenoxy) is 1. The number of carbonyl (C=O) groups is 3.